The Hall–Kier alpha value is -1.76. The third kappa shape index (κ3) is 3.47. The van der Waals surface area contributed by atoms with E-state index in [9.17, 15) is 26.3 Å². The van der Waals surface area contributed by atoms with E-state index in [2.05, 4.69) is 4.98 Å². The highest BCUT2D eigenvalue weighted by Crippen LogP contribution is 2.36. The molecule has 21 heavy (non-hydrogen) atoms. The van der Waals surface area contributed by atoms with E-state index < -0.39 is 28.5 Å². The van der Waals surface area contributed by atoms with Crippen molar-refractivity contribution in [1.82, 2.24) is 4.98 Å². The fraction of sp³-hybridized carbons (Fsp3) is 0.154. The molecule has 0 unspecified atom stereocenters. The number of hydrogen-bond donors (Lipinski definition) is 0. The Bertz CT molecular complexity index is 645. The van der Waals surface area contributed by atoms with Crippen LogP contribution in [0.2, 0.25) is 5.02 Å². The first kappa shape index (κ1) is 15.6. The first-order valence-electron chi connectivity index (χ1n) is 5.49. The van der Waals surface area contributed by atoms with Gasteiger partial charge in [0, 0.05) is 11.8 Å². The van der Waals surface area contributed by atoms with E-state index in [4.69, 9.17) is 11.6 Å². The molecule has 1 heterocycles. The van der Waals surface area contributed by atoms with Crippen molar-refractivity contribution in [2.24, 2.45) is 0 Å². The van der Waals surface area contributed by atoms with Crippen LogP contribution in [0.15, 0.2) is 36.5 Å². The molecule has 0 atom stereocenters. The molecule has 0 N–H and O–H groups in total. The van der Waals surface area contributed by atoms with Gasteiger partial charge in [-0.15, -0.1) is 0 Å². The SMILES string of the molecule is FC(F)(F)c1ccc(-c2cc(Cl)c(C(F)(F)F)cn2)cc1. The van der Waals surface area contributed by atoms with Gasteiger partial charge in [-0.1, -0.05) is 23.7 Å². The molecule has 1 aromatic carbocycles. The van der Waals surface area contributed by atoms with Crippen LogP contribution < -0.4 is 0 Å². The molecule has 0 radical (unpaired) electrons. The van der Waals surface area contributed by atoms with Crippen LogP contribution in [0.25, 0.3) is 11.3 Å². The lowest BCUT2D eigenvalue weighted by Gasteiger charge is -2.10. The fourth-order valence-corrected chi connectivity index (χ4v) is 1.89. The molecule has 0 aliphatic carbocycles. The van der Waals surface area contributed by atoms with Crippen molar-refractivity contribution >= 4 is 11.6 Å². The lowest BCUT2D eigenvalue weighted by Crippen LogP contribution is -2.07. The van der Waals surface area contributed by atoms with E-state index in [1.54, 1.807) is 0 Å². The van der Waals surface area contributed by atoms with Gasteiger partial charge in [0.1, 0.15) is 0 Å². The number of hydrogen-bond acceptors (Lipinski definition) is 1. The molecule has 0 saturated carbocycles. The molecule has 0 aliphatic heterocycles. The van der Waals surface area contributed by atoms with E-state index in [0.717, 1.165) is 30.3 Å². The maximum atomic E-state index is 12.5. The van der Waals surface area contributed by atoms with E-state index in [1.165, 1.54) is 0 Å². The zero-order valence-corrected chi connectivity index (χ0v) is 10.8. The molecule has 0 fully saturated rings. The van der Waals surface area contributed by atoms with Gasteiger partial charge >= 0.3 is 12.4 Å². The summed E-state index contributed by atoms with van der Waals surface area (Å²) in [7, 11) is 0. The third-order valence-corrected chi connectivity index (χ3v) is 2.98. The molecular weight excluding hydrogens is 320 g/mol. The Kier molecular flexibility index (Phi) is 3.88. The van der Waals surface area contributed by atoms with Crippen LogP contribution in [0, 0.1) is 0 Å². The maximum absolute atomic E-state index is 12.5. The summed E-state index contributed by atoms with van der Waals surface area (Å²) in [5.41, 5.74) is -1.66. The van der Waals surface area contributed by atoms with Gasteiger partial charge in [0.25, 0.3) is 0 Å². The summed E-state index contributed by atoms with van der Waals surface area (Å²) in [4.78, 5) is 3.58. The third-order valence-electron chi connectivity index (χ3n) is 2.67. The molecule has 0 amide bonds. The van der Waals surface area contributed by atoms with Crippen LogP contribution in [-0.4, -0.2) is 4.98 Å². The Labute approximate surface area is 120 Å². The number of rotatable bonds is 1. The summed E-state index contributed by atoms with van der Waals surface area (Å²) < 4.78 is 74.8. The largest absolute Gasteiger partial charge is 0.419 e. The van der Waals surface area contributed by atoms with Crippen LogP contribution in [0.4, 0.5) is 26.3 Å². The number of pyridine rings is 1. The number of nitrogens with zero attached hydrogens (tertiary/aromatic N) is 1. The predicted molar refractivity (Wildman–Crippen MR) is 64.7 cm³/mol. The first-order chi connectivity index (χ1) is 9.59. The highest BCUT2D eigenvalue weighted by atomic mass is 35.5. The molecule has 8 heteroatoms. The highest BCUT2D eigenvalue weighted by Gasteiger charge is 2.34. The first-order valence-corrected chi connectivity index (χ1v) is 5.87. The van der Waals surface area contributed by atoms with Gasteiger partial charge in [-0.05, 0) is 18.2 Å². The van der Waals surface area contributed by atoms with Crippen molar-refractivity contribution < 1.29 is 26.3 Å². The molecule has 0 aliphatic rings. The summed E-state index contributed by atoms with van der Waals surface area (Å²) in [5.74, 6) is 0. The minimum atomic E-state index is -4.64. The van der Waals surface area contributed by atoms with Gasteiger partial charge in [-0.25, -0.2) is 0 Å². The Balaban J connectivity index is 2.37. The lowest BCUT2D eigenvalue weighted by atomic mass is 10.1. The van der Waals surface area contributed by atoms with E-state index >= 15 is 0 Å². The molecule has 2 rings (SSSR count). The van der Waals surface area contributed by atoms with Crippen molar-refractivity contribution in [3.63, 3.8) is 0 Å². The number of halogens is 7. The molecular formula is C13H6ClF6N. The van der Waals surface area contributed by atoms with Gasteiger partial charge in [0.05, 0.1) is 21.8 Å². The fourth-order valence-electron chi connectivity index (χ4n) is 1.63. The summed E-state index contributed by atoms with van der Waals surface area (Å²) >= 11 is 5.53. The summed E-state index contributed by atoms with van der Waals surface area (Å²) in [6.07, 6.45) is -8.57. The van der Waals surface area contributed by atoms with Gasteiger partial charge in [-0.2, -0.15) is 26.3 Å². The molecule has 0 saturated heterocycles. The second-order valence-corrected chi connectivity index (χ2v) is 4.53. The number of aromatic nitrogens is 1. The average Bonchev–Trinajstić information content (AvgIpc) is 2.36. The zero-order valence-electron chi connectivity index (χ0n) is 10.1. The van der Waals surface area contributed by atoms with Gasteiger partial charge in [0.2, 0.25) is 0 Å². The minimum Gasteiger partial charge on any atom is -0.256 e. The van der Waals surface area contributed by atoms with Gasteiger partial charge < -0.3 is 0 Å². The molecule has 1 aromatic heterocycles. The van der Waals surface area contributed by atoms with E-state index in [-0.39, 0.29) is 11.3 Å². The average molecular weight is 326 g/mol. The van der Waals surface area contributed by atoms with Crippen LogP contribution in [0.3, 0.4) is 0 Å². The van der Waals surface area contributed by atoms with Crippen molar-refractivity contribution in [2.45, 2.75) is 12.4 Å². The lowest BCUT2D eigenvalue weighted by molar-refractivity contribution is -0.138. The zero-order chi connectivity index (χ0) is 15.8. The second-order valence-electron chi connectivity index (χ2n) is 4.12. The standard InChI is InChI=1S/C13H6ClF6N/c14-10-5-11(21-6-9(10)13(18,19)20)7-1-3-8(4-2-7)12(15,16)17/h1-6H. The van der Waals surface area contributed by atoms with Crippen LogP contribution >= 0.6 is 11.6 Å². The Morgan fingerprint density at radius 2 is 1.43 bits per heavy atom. The normalized spacial score (nSPS) is 12.5. The van der Waals surface area contributed by atoms with Crippen LogP contribution in [-0.2, 0) is 12.4 Å². The summed E-state index contributed by atoms with van der Waals surface area (Å²) in [6.45, 7) is 0. The molecule has 0 spiro atoms. The topological polar surface area (TPSA) is 12.9 Å². The van der Waals surface area contributed by atoms with Crippen LogP contribution in [0.5, 0.6) is 0 Å². The number of benzene rings is 1. The van der Waals surface area contributed by atoms with Crippen molar-refractivity contribution in [3.8, 4) is 11.3 Å². The van der Waals surface area contributed by atoms with E-state index in [1.807, 2.05) is 0 Å². The second kappa shape index (κ2) is 5.22. The summed E-state index contributed by atoms with van der Waals surface area (Å²) in [6, 6.07) is 4.85. The van der Waals surface area contributed by atoms with Crippen molar-refractivity contribution in [1.29, 1.82) is 0 Å². The molecule has 112 valence electrons. The predicted octanol–water partition coefficient (Wildman–Crippen LogP) is 5.44. The molecule has 0 bridgehead atoms. The summed E-state index contributed by atoms with van der Waals surface area (Å²) in [5, 5.41) is -0.563. The molecule has 1 nitrogen and oxygen atoms in total. The Morgan fingerprint density at radius 3 is 1.86 bits per heavy atom. The quantitative estimate of drug-likeness (QED) is 0.636. The van der Waals surface area contributed by atoms with Crippen molar-refractivity contribution in [2.75, 3.05) is 0 Å². The maximum Gasteiger partial charge on any atom is 0.419 e. The Morgan fingerprint density at radius 1 is 0.857 bits per heavy atom. The highest BCUT2D eigenvalue weighted by molar-refractivity contribution is 6.31. The van der Waals surface area contributed by atoms with Gasteiger partial charge in [-0.3, -0.25) is 4.98 Å². The van der Waals surface area contributed by atoms with Crippen molar-refractivity contribution in [3.05, 3.63) is 52.7 Å². The van der Waals surface area contributed by atoms with E-state index in [0.29, 0.717) is 6.20 Å². The van der Waals surface area contributed by atoms with Gasteiger partial charge in [0.15, 0.2) is 0 Å². The minimum absolute atomic E-state index is 0.0572. The smallest absolute Gasteiger partial charge is 0.256 e. The van der Waals surface area contributed by atoms with Crippen LogP contribution in [0.1, 0.15) is 11.1 Å². The monoisotopic (exact) mass is 325 g/mol. The molecule has 2 aromatic rings. The number of alkyl halides is 6.